The fraction of sp³-hybridized carbons (Fsp3) is 0.462. The molecule has 1 fully saturated rings. The number of amides is 1. The summed E-state index contributed by atoms with van der Waals surface area (Å²) in [5, 5.41) is 17.8. The third-order valence-corrected chi connectivity index (χ3v) is 7.35. The summed E-state index contributed by atoms with van der Waals surface area (Å²) in [6.07, 6.45) is 5.17. The first kappa shape index (κ1) is 25.4. The van der Waals surface area contributed by atoms with Crippen molar-refractivity contribution < 1.29 is 19.2 Å². The van der Waals surface area contributed by atoms with Crippen molar-refractivity contribution in [2.75, 3.05) is 5.32 Å². The quantitative estimate of drug-likeness (QED) is 0.290. The van der Waals surface area contributed by atoms with Gasteiger partial charge in [0.25, 0.3) is 0 Å². The normalized spacial score (nSPS) is 14.3. The third kappa shape index (κ3) is 6.49. The minimum absolute atomic E-state index is 0.0642. The first-order valence-electron chi connectivity index (χ1n) is 11.9. The summed E-state index contributed by atoms with van der Waals surface area (Å²) in [5.74, 6) is -0.0655. The van der Waals surface area contributed by atoms with E-state index in [0.717, 1.165) is 35.4 Å². The minimum atomic E-state index is -0.910. The molecule has 1 aliphatic carbocycles. The lowest BCUT2D eigenvalue weighted by molar-refractivity contribution is -0.137. The smallest absolute Gasteiger partial charge is 0.303 e. The lowest BCUT2D eigenvalue weighted by atomic mass is 9.90. The van der Waals surface area contributed by atoms with Crippen LogP contribution in [-0.4, -0.2) is 27.1 Å². The number of carboxylic acid groups (broad SMARTS) is 1. The molecule has 7 nitrogen and oxygen atoms in total. The lowest BCUT2D eigenvalue weighted by Crippen LogP contribution is -2.17. The van der Waals surface area contributed by atoms with Crippen LogP contribution in [0.4, 0.5) is 5.69 Å². The predicted molar refractivity (Wildman–Crippen MR) is 137 cm³/mol. The Morgan fingerprint density at radius 2 is 2.09 bits per heavy atom. The minimum Gasteiger partial charge on any atom is -0.481 e. The molecule has 3 aromatic rings. The maximum absolute atomic E-state index is 13.0. The number of aromatic nitrogens is 2. The summed E-state index contributed by atoms with van der Waals surface area (Å²) >= 11 is 7.89. The van der Waals surface area contributed by atoms with E-state index in [9.17, 15) is 14.7 Å². The molecule has 1 atom stereocenters. The highest BCUT2D eigenvalue weighted by atomic mass is 35.5. The first-order valence-corrected chi connectivity index (χ1v) is 13.1. The van der Waals surface area contributed by atoms with E-state index >= 15 is 0 Å². The molecule has 2 N–H and O–H groups in total. The summed E-state index contributed by atoms with van der Waals surface area (Å²) in [5.41, 5.74) is 3.18. The molecule has 0 radical (unpaired) electrons. The molecule has 2 heterocycles. The predicted octanol–water partition coefficient (Wildman–Crippen LogP) is 6.81. The molecule has 9 heteroatoms. The second-order valence-corrected chi connectivity index (χ2v) is 11.2. The molecule has 1 aliphatic rings. The van der Waals surface area contributed by atoms with Gasteiger partial charge < -0.3 is 14.9 Å². The van der Waals surface area contributed by atoms with Crippen molar-refractivity contribution in [2.24, 2.45) is 5.92 Å². The van der Waals surface area contributed by atoms with Gasteiger partial charge in [0.2, 0.25) is 5.91 Å². The number of aryl methyl sites for hydroxylation is 1. The van der Waals surface area contributed by atoms with Gasteiger partial charge in [0.05, 0.1) is 16.4 Å². The number of carbonyl (C=O) groups is 2. The summed E-state index contributed by atoms with van der Waals surface area (Å²) in [4.78, 5) is 30.1. The fourth-order valence-corrected chi connectivity index (χ4v) is 5.61. The Balaban J connectivity index is 1.60. The van der Waals surface area contributed by atoms with Crippen molar-refractivity contribution in [3.8, 4) is 10.8 Å². The molecule has 4 rings (SSSR count). The molecule has 0 aliphatic heterocycles. The van der Waals surface area contributed by atoms with E-state index in [2.05, 4.69) is 29.3 Å². The van der Waals surface area contributed by atoms with Gasteiger partial charge in [-0.1, -0.05) is 36.7 Å². The van der Waals surface area contributed by atoms with Gasteiger partial charge >= 0.3 is 5.97 Å². The van der Waals surface area contributed by atoms with Crippen LogP contribution in [0.3, 0.4) is 0 Å². The van der Waals surface area contributed by atoms with Crippen molar-refractivity contribution in [1.82, 2.24) is 10.1 Å². The average molecular weight is 516 g/mol. The van der Waals surface area contributed by atoms with Crippen molar-refractivity contribution >= 4 is 40.5 Å². The van der Waals surface area contributed by atoms with Gasteiger partial charge in [-0.05, 0) is 62.1 Å². The van der Waals surface area contributed by atoms with Gasteiger partial charge in [0.1, 0.15) is 0 Å². The van der Waals surface area contributed by atoms with Gasteiger partial charge in [-0.3, -0.25) is 9.59 Å². The van der Waals surface area contributed by atoms with Crippen LogP contribution in [0.2, 0.25) is 5.02 Å². The maximum atomic E-state index is 13.0. The molecule has 186 valence electrons. The highest BCUT2D eigenvalue weighted by Crippen LogP contribution is 2.49. The van der Waals surface area contributed by atoms with Crippen LogP contribution in [0.15, 0.2) is 28.9 Å². The Kier molecular flexibility index (Phi) is 7.91. The summed E-state index contributed by atoms with van der Waals surface area (Å²) in [7, 11) is 0. The zero-order chi connectivity index (χ0) is 25.1. The van der Waals surface area contributed by atoms with Crippen LogP contribution in [0.1, 0.15) is 79.5 Å². The summed E-state index contributed by atoms with van der Waals surface area (Å²) in [6.45, 7) is 6.27. The molecule has 2 aromatic heterocycles. The largest absolute Gasteiger partial charge is 0.481 e. The number of anilines is 1. The highest BCUT2D eigenvalue weighted by Gasteiger charge is 2.37. The number of thiazole rings is 1. The topological polar surface area (TPSA) is 105 Å². The summed E-state index contributed by atoms with van der Waals surface area (Å²) in [6, 6.07) is 5.43. The molecule has 0 unspecified atom stereocenters. The number of aliphatic carboxylic acids is 1. The number of nitrogens with zero attached hydrogens (tertiary/aromatic N) is 2. The second kappa shape index (κ2) is 10.9. The Morgan fingerprint density at radius 1 is 1.31 bits per heavy atom. The van der Waals surface area contributed by atoms with Gasteiger partial charge in [-0.2, -0.15) is 0 Å². The number of rotatable bonds is 11. The number of halogens is 1. The molecule has 35 heavy (non-hydrogen) atoms. The number of carboxylic acids is 1. The third-order valence-electron chi connectivity index (χ3n) is 6.02. The van der Waals surface area contributed by atoms with Crippen molar-refractivity contribution in [1.29, 1.82) is 0 Å². The van der Waals surface area contributed by atoms with E-state index in [1.807, 2.05) is 19.2 Å². The molecule has 0 saturated heterocycles. The van der Waals surface area contributed by atoms with Gasteiger partial charge in [0.15, 0.2) is 10.8 Å². The molecular formula is C26H30ClN3O4S. The molecule has 1 saturated carbocycles. The molecule has 1 amide bonds. The molecule has 1 aromatic carbocycles. The van der Waals surface area contributed by atoms with E-state index in [4.69, 9.17) is 16.1 Å². The van der Waals surface area contributed by atoms with E-state index < -0.39 is 11.9 Å². The number of benzene rings is 1. The fourth-order valence-electron chi connectivity index (χ4n) is 4.21. The van der Waals surface area contributed by atoms with E-state index in [1.54, 1.807) is 23.5 Å². The number of hydrogen-bond donors (Lipinski definition) is 2. The number of carbonyl (C=O) groups excluding carboxylic acids is 1. The SMILES string of the molecule is Cc1ccc(NC(=O)C[C@H](CCC(=O)O)c2noc(-c3ncc(CC(C)C)s3)c2C2CC2)c(Cl)c1. The molecular weight excluding hydrogens is 486 g/mol. The van der Waals surface area contributed by atoms with Crippen LogP contribution in [0, 0.1) is 12.8 Å². The van der Waals surface area contributed by atoms with Crippen LogP contribution in [0.25, 0.3) is 10.8 Å². The zero-order valence-corrected chi connectivity index (χ0v) is 21.7. The van der Waals surface area contributed by atoms with E-state index in [-0.39, 0.29) is 25.2 Å². The Hall–Kier alpha value is -2.71. The number of hydrogen-bond acceptors (Lipinski definition) is 6. The second-order valence-electron chi connectivity index (χ2n) is 9.68. The standard InChI is InChI=1S/C26H30ClN3O4S/c1-14(2)10-18-13-28-26(35-18)25-23(16-5-6-16)24(30-34-25)17(7-9-22(32)33)12-21(31)29-20-8-4-15(3)11-19(20)27/h4,8,11,13-14,16-17H,5-7,9-10,12H2,1-3H3,(H,29,31)(H,32,33)/t17-/m0/s1. The Bertz CT molecular complexity index is 1220. The average Bonchev–Trinajstić information content (AvgIpc) is 3.36. The van der Waals surface area contributed by atoms with Crippen LogP contribution in [-0.2, 0) is 16.0 Å². The van der Waals surface area contributed by atoms with E-state index in [1.165, 1.54) is 4.88 Å². The highest BCUT2D eigenvalue weighted by molar-refractivity contribution is 7.15. The van der Waals surface area contributed by atoms with Gasteiger partial charge in [-0.25, -0.2) is 4.98 Å². The van der Waals surface area contributed by atoms with Crippen molar-refractivity contribution in [2.45, 2.75) is 71.1 Å². The Labute approximate surface area is 213 Å². The first-order chi connectivity index (χ1) is 16.7. The molecule has 0 bridgehead atoms. The van der Waals surface area contributed by atoms with Gasteiger partial charge in [-0.15, -0.1) is 11.3 Å². The van der Waals surface area contributed by atoms with Crippen molar-refractivity contribution in [3.63, 3.8) is 0 Å². The monoisotopic (exact) mass is 515 g/mol. The Morgan fingerprint density at radius 3 is 2.74 bits per heavy atom. The van der Waals surface area contributed by atoms with Crippen LogP contribution in [0.5, 0.6) is 0 Å². The lowest BCUT2D eigenvalue weighted by Gasteiger charge is -2.16. The molecule has 0 spiro atoms. The number of nitrogens with one attached hydrogen (secondary N) is 1. The summed E-state index contributed by atoms with van der Waals surface area (Å²) < 4.78 is 5.82. The van der Waals surface area contributed by atoms with E-state index in [0.29, 0.717) is 34.0 Å². The zero-order valence-electron chi connectivity index (χ0n) is 20.1. The maximum Gasteiger partial charge on any atom is 0.303 e. The van der Waals surface area contributed by atoms with Crippen LogP contribution >= 0.6 is 22.9 Å². The van der Waals surface area contributed by atoms with Crippen molar-refractivity contribution in [3.05, 3.63) is 51.1 Å². The van der Waals surface area contributed by atoms with Crippen LogP contribution < -0.4 is 5.32 Å². The van der Waals surface area contributed by atoms with Gasteiger partial charge in [0, 0.05) is 35.4 Å².